The minimum atomic E-state index is 0.433. The number of aromatic amines is 1. The molecular formula is C21H26N6OS. The van der Waals surface area contributed by atoms with Crippen LogP contribution < -0.4 is 15.2 Å². The molecule has 0 aliphatic rings. The van der Waals surface area contributed by atoms with Crippen LogP contribution in [0, 0.1) is 4.77 Å². The van der Waals surface area contributed by atoms with Crippen LogP contribution in [0.25, 0.3) is 11.4 Å². The van der Waals surface area contributed by atoms with E-state index in [9.17, 15) is 0 Å². The summed E-state index contributed by atoms with van der Waals surface area (Å²) < 4.78 is 7.55. The second-order valence-corrected chi connectivity index (χ2v) is 6.65. The van der Waals surface area contributed by atoms with Gasteiger partial charge in [0.15, 0.2) is 5.82 Å². The second kappa shape index (κ2) is 9.88. The van der Waals surface area contributed by atoms with E-state index < -0.39 is 0 Å². The first-order chi connectivity index (χ1) is 14.2. The van der Waals surface area contributed by atoms with E-state index in [4.69, 9.17) is 17.0 Å². The summed E-state index contributed by atoms with van der Waals surface area (Å²) in [5, 5.41) is 11.4. The molecule has 29 heavy (non-hydrogen) atoms. The van der Waals surface area contributed by atoms with Crippen molar-refractivity contribution in [3.8, 4) is 17.1 Å². The third kappa shape index (κ3) is 5.03. The van der Waals surface area contributed by atoms with E-state index in [-0.39, 0.29) is 0 Å². The summed E-state index contributed by atoms with van der Waals surface area (Å²) in [6.07, 6.45) is 1.75. The van der Waals surface area contributed by atoms with Crippen LogP contribution in [0.3, 0.4) is 0 Å². The molecule has 2 N–H and O–H groups in total. The van der Waals surface area contributed by atoms with E-state index in [0.717, 1.165) is 30.0 Å². The van der Waals surface area contributed by atoms with Crippen molar-refractivity contribution in [2.45, 2.75) is 20.8 Å². The molecule has 0 saturated heterocycles. The van der Waals surface area contributed by atoms with Crippen LogP contribution >= 0.6 is 12.2 Å². The summed E-state index contributed by atoms with van der Waals surface area (Å²) in [6.45, 7) is 8.86. The Morgan fingerprint density at radius 3 is 2.41 bits per heavy atom. The first kappa shape index (κ1) is 20.6. The van der Waals surface area contributed by atoms with Gasteiger partial charge in [0.25, 0.3) is 0 Å². The molecule has 0 aliphatic carbocycles. The molecule has 0 unspecified atom stereocenters. The van der Waals surface area contributed by atoms with Crippen LogP contribution in [-0.4, -0.2) is 40.8 Å². The highest BCUT2D eigenvalue weighted by Gasteiger charge is 2.08. The highest BCUT2D eigenvalue weighted by molar-refractivity contribution is 7.71. The van der Waals surface area contributed by atoms with Crippen LogP contribution in [0.2, 0.25) is 0 Å². The number of hydrogen-bond donors (Lipinski definition) is 2. The third-order valence-corrected chi connectivity index (χ3v) is 4.76. The van der Waals surface area contributed by atoms with E-state index in [1.807, 2.05) is 43.3 Å². The number of nitrogens with one attached hydrogen (secondary N) is 2. The first-order valence-corrected chi connectivity index (χ1v) is 10.1. The molecule has 1 heterocycles. The lowest BCUT2D eigenvalue weighted by molar-refractivity contribution is 0.340. The Morgan fingerprint density at radius 1 is 1.10 bits per heavy atom. The zero-order valence-corrected chi connectivity index (χ0v) is 17.7. The van der Waals surface area contributed by atoms with Gasteiger partial charge in [-0.3, -0.25) is 0 Å². The third-order valence-electron chi connectivity index (χ3n) is 4.49. The Hall–Kier alpha value is -3.13. The zero-order valence-electron chi connectivity index (χ0n) is 16.9. The zero-order chi connectivity index (χ0) is 20.6. The van der Waals surface area contributed by atoms with Gasteiger partial charge in [0.05, 0.1) is 12.8 Å². The minimum Gasteiger partial charge on any atom is -0.494 e. The fourth-order valence-electron chi connectivity index (χ4n) is 2.97. The number of hydrazone groups is 1. The minimum absolute atomic E-state index is 0.433. The second-order valence-electron chi connectivity index (χ2n) is 6.27. The van der Waals surface area contributed by atoms with Crippen molar-refractivity contribution >= 4 is 24.1 Å². The summed E-state index contributed by atoms with van der Waals surface area (Å²) in [7, 11) is 0. The van der Waals surface area contributed by atoms with Crippen LogP contribution in [0.15, 0.2) is 53.6 Å². The number of rotatable bonds is 9. The molecule has 1 aromatic heterocycles. The van der Waals surface area contributed by atoms with Crippen molar-refractivity contribution in [2.24, 2.45) is 5.10 Å². The summed E-state index contributed by atoms with van der Waals surface area (Å²) in [4.78, 5) is 2.30. The quantitative estimate of drug-likeness (QED) is 0.310. The van der Waals surface area contributed by atoms with Crippen molar-refractivity contribution in [3.63, 3.8) is 0 Å². The number of hydrogen-bond acceptors (Lipinski definition) is 6. The summed E-state index contributed by atoms with van der Waals surface area (Å²) >= 11 is 5.32. The average molecular weight is 411 g/mol. The van der Waals surface area contributed by atoms with Crippen LogP contribution in [-0.2, 0) is 0 Å². The molecule has 152 valence electrons. The molecular weight excluding hydrogens is 384 g/mol. The Balaban J connectivity index is 1.72. The number of H-pyrrole nitrogens is 1. The number of nitrogens with zero attached hydrogens (tertiary/aromatic N) is 4. The molecule has 0 amide bonds. The average Bonchev–Trinajstić information content (AvgIpc) is 3.11. The fourth-order valence-corrected chi connectivity index (χ4v) is 3.14. The monoisotopic (exact) mass is 410 g/mol. The Bertz CT molecular complexity index is 987. The molecule has 3 rings (SSSR count). The first-order valence-electron chi connectivity index (χ1n) is 9.71. The van der Waals surface area contributed by atoms with Gasteiger partial charge in [0.1, 0.15) is 5.75 Å². The summed E-state index contributed by atoms with van der Waals surface area (Å²) in [6, 6.07) is 16.0. The molecule has 0 fully saturated rings. The smallest absolute Gasteiger partial charge is 0.216 e. The lowest BCUT2D eigenvalue weighted by atomic mass is 10.2. The molecule has 0 bridgehead atoms. The fraction of sp³-hybridized carbons (Fsp3) is 0.286. The largest absolute Gasteiger partial charge is 0.494 e. The molecule has 3 aromatic rings. The molecule has 7 nitrogen and oxygen atoms in total. The maximum atomic E-state index is 5.49. The van der Waals surface area contributed by atoms with Gasteiger partial charge in [0.2, 0.25) is 4.77 Å². The van der Waals surface area contributed by atoms with E-state index >= 15 is 0 Å². The normalized spacial score (nSPS) is 11.0. The van der Waals surface area contributed by atoms with Crippen molar-refractivity contribution in [1.82, 2.24) is 14.9 Å². The molecule has 0 aliphatic heterocycles. The Labute approximate surface area is 176 Å². The van der Waals surface area contributed by atoms with Crippen molar-refractivity contribution < 1.29 is 4.74 Å². The predicted molar refractivity (Wildman–Crippen MR) is 121 cm³/mol. The van der Waals surface area contributed by atoms with Gasteiger partial charge in [-0.2, -0.15) is 14.9 Å². The van der Waals surface area contributed by atoms with Gasteiger partial charge >= 0.3 is 0 Å². The number of ether oxygens (including phenoxy) is 1. The standard InChI is InChI=1S/C21H26N6OS/c1-4-26(5-2)18-11-7-16(8-12-18)15-22-25-27-20(23-24-21(27)29)17-9-13-19(14-10-17)28-6-3/h7-15,25H,4-6H2,1-3H3,(H,24,29)/b22-15-. The van der Waals surface area contributed by atoms with Gasteiger partial charge in [-0.05, 0) is 75.0 Å². The molecule has 8 heteroatoms. The number of aromatic nitrogens is 3. The van der Waals surface area contributed by atoms with Gasteiger partial charge in [0, 0.05) is 24.3 Å². The lowest BCUT2D eigenvalue weighted by Gasteiger charge is -2.20. The number of benzene rings is 2. The van der Waals surface area contributed by atoms with Gasteiger partial charge in [-0.25, -0.2) is 10.6 Å². The predicted octanol–water partition coefficient (Wildman–Crippen LogP) is 4.43. The molecule has 0 saturated carbocycles. The van der Waals surface area contributed by atoms with Crippen LogP contribution in [0.4, 0.5) is 5.69 Å². The van der Waals surface area contributed by atoms with Crippen LogP contribution in [0.1, 0.15) is 26.3 Å². The van der Waals surface area contributed by atoms with Gasteiger partial charge < -0.3 is 9.64 Å². The van der Waals surface area contributed by atoms with E-state index in [0.29, 0.717) is 17.2 Å². The van der Waals surface area contributed by atoms with Crippen LogP contribution in [0.5, 0.6) is 5.75 Å². The molecule has 2 aromatic carbocycles. The van der Waals surface area contributed by atoms with E-state index in [2.05, 4.69) is 51.7 Å². The molecule has 0 spiro atoms. The lowest BCUT2D eigenvalue weighted by Crippen LogP contribution is -2.21. The van der Waals surface area contributed by atoms with Crippen molar-refractivity contribution in [1.29, 1.82) is 0 Å². The SMILES string of the molecule is CCOc1ccc(-c2n[nH]c(=S)n2N/N=C\c2ccc(N(CC)CC)cc2)cc1. The number of anilines is 1. The highest BCUT2D eigenvalue weighted by Crippen LogP contribution is 2.20. The van der Waals surface area contributed by atoms with Crippen molar-refractivity contribution in [3.05, 3.63) is 58.9 Å². The van der Waals surface area contributed by atoms with Crippen molar-refractivity contribution in [2.75, 3.05) is 30.1 Å². The van der Waals surface area contributed by atoms with E-state index in [1.165, 1.54) is 5.69 Å². The molecule has 0 radical (unpaired) electrons. The highest BCUT2D eigenvalue weighted by atomic mass is 32.1. The van der Waals surface area contributed by atoms with Gasteiger partial charge in [-0.15, -0.1) is 0 Å². The Morgan fingerprint density at radius 2 is 1.79 bits per heavy atom. The Kier molecular flexibility index (Phi) is 7.02. The maximum Gasteiger partial charge on any atom is 0.216 e. The topological polar surface area (TPSA) is 70.5 Å². The summed E-state index contributed by atoms with van der Waals surface area (Å²) in [5.74, 6) is 1.46. The summed E-state index contributed by atoms with van der Waals surface area (Å²) in [5.41, 5.74) is 6.05. The van der Waals surface area contributed by atoms with E-state index in [1.54, 1.807) is 10.9 Å². The maximum absolute atomic E-state index is 5.49. The molecule has 0 atom stereocenters. The van der Waals surface area contributed by atoms with Gasteiger partial charge in [-0.1, -0.05) is 12.1 Å².